The van der Waals surface area contributed by atoms with Crippen molar-refractivity contribution in [3.63, 3.8) is 0 Å². The van der Waals surface area contributed by atoms with Crippen LogP contribution in [0.2, 0.25) is 0 Å². The minimum Gasteiger partial charge on any atom is -0.296 e. The van der Waals surface area contributed by atoms with Crippen LogP contribution in [0, 0.1) is 0 Å². The molecule has 0 aliphatic rings. The molecule has 0 unspecified atom stereocenters. The average molecular weight is 132 g/mol. The lowest BCUT2D eigenvalue weighted by molar-refractivity contribution is 0.780. The largest absolute Gasteiger partial charge is 0.296 e. The Morgan fingerprint density at radius 2 is 2.25 bits per heavy atom. The second-order valence-corrected chi connectivity index (χ2v) is 2.74. The summed E-state index contributed by atoms with van der Waals surface area (Å²) in [6.07, 6.45) is 3.91. The highest BCUT2D eigenvalue weighted by atomic mass is 32.1. The van der Waals surface area contributed by atoms with Gasteiger partial charge in [-0.2, -0.15) is 11.4 Å². The first-order valence-electron chi connectivity index (χ1n) is 3.04. The van der Waals surface area contributed by atoms with Gasteiger partial charge >= 0.3 is 0 Å². The number of rotatable bonds is 4. The van der Waals surface area contributed by atoms with Gasteiger partial charge in [0.25, 0.3) is 0 Å². The van der Waals surface area contributed by atoms with Crippen molar-refractivity contribution in [2.75, 3.05) is 5.75 Å². The van der Waals surface area contributed by atoms with E-state index in [0.29, 0.717) is 0 Å². The average Bonchev–Trinajstić information content (AvgIpc) is 1.81. The normalized spacial score (nSPS) is 11.8. The van der Waals surface area contributed by atoms with Crippen LogP contribution >= 0.6 is 11.4 Å². The lowest BCUT2D eigenvalue weighted by Crippen LogP contribution is -1.85. The number of thiol groups is 1. The third kappa shape index (κ3) is 6.18. The summed E-state index contributed by atoms with van der Waals surface area (Å²) in [6, 6.07) is 0. The van der Waals surface area contributed by atoms with E-state index in [4.69, 9.17) is 5.73 Å². The topological polar surface area (TPSA) is 26.0 Å². The Morgan fingerprint density at radius 3 is 2.75 bits per heavy atom. The van der Waals surface area contributed by atoms with Crippen LogP contribution in [0.25, 0.3) is 0 Å². The Kier molecular flexibility index (Phi) is 7.34. The summed E-state index contributed by atoms with van der Waals surface area (Å²) in [5, 5.41) is 0. The summed E-state index contributed by atoms with van der Waals surface area (Å²) in [5.74, 6) is 1.18. The van der Waals surface area contributed by atoms with Crippen molar-refractivity contribution >= 4 is 16.8 Å². The van der Waals surface area contributed by atoms with Gasteiger partial charge in [-0.25, -0.2) is 0 Å². The molecule has 0 aromatic carbocycles. The Labute approximate surface area is 55.2 Å². The summed E-state index contributed by atoms with van der Waals surface area (Å²) >= 11 is 1.16. The number of unbranched alkanes of at least 4 members (excludes halogenated alkanes) is 2. The molecule has 0 rings (SSSR count). The molecule has 2 heteroatoms. The third-order valence-electron chi connectivity index (χ3n) is 0.965. The Bertz CT molecular complexity index is 61.5. The van der Waals surface area contributed by atoms with Gasteiger partial charge in [0.1, 0.15) is 0 Å². The van der Waals surface area contributed by atoms with Crippen LogP contribution < -0.4 is 5.73 Å². The summed E-state index contributed by atoms with van der Waals surface area (Å²) in [6.45, 7) is 2.20. The zero-order valence-corrected chi connectivity index (χ0v) is 6.25. The van der Waals surface area contributed by atoms with Crippen LogP contribution in [0.1, 0.15) is 26.2 Å². The number of hydrogen-bond donors (Lipinski definition) is 2. The van der Waals surface area contributed by atoms with Gasteiger partial charge in [-0.05, 0) is 12.2 Å². The molecule has 49 valence electrons. The van der Waals surface area contributed by atoms with Crippen LogP contribution in [0.4, 0.5) is 0 Å². The SMILES string of the molecule is CCCCC[SH]=[C]N. The Balaban J connectivity index is 2.72. The summed E-state index contributed by atoms with van der Waals surface area (Å²) in [4.78, 5) is 0. The molecule has 0 bridgehead atoms. The Morgan fingerprint density at radius 1 is 1.50 bits per heavy atom. The standard InChI is InChI=1S/C6H14NS/c1-2-3-4-5-8-6-7/h8H,2-5,7H2,1H3. The molecule has 0 heterocycles. The molecule has 0 aliphatic heterocycles. The molecule has 0 aliphatic carbocycles. The quantitative estimate of drug-likeness (QED) is 0.256. The highest BCUT2D eigenvalue weighted by Crippen LogP contribution is 1.96. The van der Waals surface area contributed by atoms with Crippen molar-refractivity contribution in [3.05, 3.63) is 0 Å². The molecule has 0 amide bonds. The van der Waals surface area contributed by atoms with Gasteiger partial charge in [0.2, 0.25) is 0 Å². The first-order chi connectivity index (χ1) is 3.91. The van der Waals surface area contributed by atoms with E-state index in [1.54, 1.807) is 0 Å². The van der Waals surface area contributed by atoms with Gasteiger partial charge in [0.05, 0.1) is 5.49 Å². The zero-order chi connectivity index (χ0) is 6.24. The zero-order valence-electron chi connectivity index (χ0n) is 5.35. The smallest absolute Gasteiger partial charge is 0.0570 e. The Hall–Kier alpha value is 0.180. The summed E-state index contributed by atoms with van der Waals surface area (Å²) in [5.41, 5.74) is 7.65. The minimum absolute atomic E-state index is 1.16. The van der Waals surface area contributed by atoms with Crippen LogP contribution in [-0.4, -0.2) is 11.2 Å². The third-order valence-corrected chi connectivity index (χ3v) is 1.69. The van der Waals surface area contributed by atoms with Gasteiger partial charge in [-0.1, -0.05) is 19.8 Å². The monoisotopic (exact) mass is 132 g/mol. The predicted octanol–water partition coefficient (Wildman–Crippen LogP) is 1.24. The summed E-state index contributed by atoms with van der Waals surface area (Å²) in [7, 11) is 0. The molecule has 0 atom stereocenters. The minimum atomic E-state index is 1.16. The fraction of sp³-hybridized carbons (Fsp3) is 0.833. The van der Waals surface area contributed by atoms with Crippen molar-refractivity contribution in [1.29, 1.82) is 0 Å². The van der Waals surface area contributed by atoms with Gasteiger partial charge in [-0.15, -0.1) is 0 Å². The molecular weight excluding hydrogens is 118 g/mol. The molecular formula is C6H14NS. The second-order valence-electron chi connectivity index (χ2n) is 1.72. The van der Waals surface area contributed by atoms with Gasteiger partial charge in [-0.3, -0.25) is 5.73 Å². The maximum Gasteiger partial charge on any atom is 0.0570 e. The van der Waals surface area contributed by atoms with E-state index in [9.17, 15) is 0 Å². The van der Waals surface area contributed by atoms with E-state index in [0.717, 1.165) is 11.4 Å². The molecule has 0 saturated heterocycles. The predicted molar refractivity (Wildman–Crippen MR) is 42.6 cm³/mol. The molecule has 1 nitrogen and oxygen atoms in total. The maximum absolute atomic E-state index is 5.05. The summed E-state index contributed by atoms with van der Waals surface area (Å²) < 4.78 is 0. The molecule has 1 radical (unpaired) electrons. The fourth-order valence-corrected chi connectivity index (χ4v) is 1.02. The van der Waals surface area contributed by atoms with Crippen molar-refractivity contribution in [2.45, 2.75) is 26.2 Å². The molecule has 2 N–H and O–H groups in total. The lowest BCUT2D eigenvalue weighted by atomic mass is 10.3. The van der Waals surface area contributed by atoms with Gasteiger partial charge in [0.15, 0.2) is 0 Å². The van der Waals surface area contributed by atoms with Crippen LogP contribution in [0.5, 0.6) is 0 Å². The first kappa shape index (κ1) is 8.18. The van der Waals surface area contributed by atoms with Crippen LogP contribution in [-0.2, 0) is 0 Å². The van der Waals surface area contributed by atoms with Crippen molar-refractivity contribution in [3.8, 4) is 0 Å². The molecule has 0 spiro atoms. The fourth-order valence-electron chi connectivity index (χ4n) is 0.505. The van der Waals surface area contributed by atoms with Crippen molar-refractivity contribution in [1.82, 2.24) is 0 Å². The van der Waals surface area contributed by atoms with E-state index in [1.807, 2.05) is 0 Å². The lowest BCUT2D eigenvalue weighted by Gasteiger charge is -1.89. The number of nitrogens with two attached hydrogens (primary N) is 1. The highest BCUT2D eigenvalue weighted by molar-refractivity contribution is 7.97. The van der Waals surface area contributed by atoms with Crippen molar-refractivity contribution < 1.29 is 0 Å². The van der Waals surface area contributed by atoms with Gasteiger partial charge in [0, 0.05) is 0 Å². The molecule has 0 fully saturated rings. The molecule has 0 aromatic heterocycles. The van der Waals surface area contributed by atoms with E-state index in [2.05, 4.69) is 12.4 Å². The first-order valence-corrected chi connectivity index (χ1v) is 4.12. The van der Waals surface area contributed by atoms with Crippen molar-refractivity contribution in [2.24, 2.45) is 5.73 Å². The highest BCUT2D eigenvalue weighted by Gasteiger charge is 1.78. The van der Waals surface area contributed by atoms with E-state index >= 15 is 0 Å². The maximum atomic E-state index is 5.05. The van der Waals surface area contributed by atoms with E-state index in [1.165, 1.54) is 25.0 Å². The van der Waals surface area contributed by atoms with Gasteiger partial charge < -0.3 is 0 Å². The molecule has 0 aromatic rings. The molecule has 8 heavy (non-hydrogen) atoms. The number of hydrogen-bond acceptors (Lipinski definition) is 0. The van der Waals surface area contributed by atoms with E-state index in [-0.39, 0.29) is 0 Å². The van der Waals surface area contributed by atoms with Crippen LogP contribution in [0.15, 0.2) is 0 Å². The molecule has 0 saturated carbocycles. The van der Waals surface area contributed by atoms with E-state index < -0.39 is 0 Å². The van der Waals surface area contributed by atoms with Crippen LogP contribution in [0.3, 0.4) is 0 Å². The second kappa shape index (κ2) is 7.18.